The van der Waals surface area contributed by atoms with E-state index in [4.69, 9.17) is 16.3 Å². The Morgan fingerprint density at radius 3 is 2.84 bits per heavy atom. The van der Waals surface area contributed by atoms with Gasteiger partial charge in [0.2, 0.25) is 0 Å². The van der Waals surface area contributed by atoms with E-state index in [-0.39, 0.29) is 5.91 Å². The van der Waals surface area contributed by atoms with Crippen LogP contribution in [0.4, 0.5) is 0 Å². The van der Waals surface area contributed by atoms with E-state index in [1.807, 2.05) is 7.05 Å². The molecule has 0 bridgehead atoms. The van der Waals surface area contributed by atoms with Gasteiger partial charge in [-0.3, -0.25) is 4.79 Å². The van der Waals surface area contributed by atoms with Crippen molar-refractivity contribution in [2.24, 2.45) is 5.92 Å². The number of hydrogen-bond donors (Lipinski definition) is 0. The van der Waals surface area contributed by atoms with Crippen LogP contribution < -0.4 is 0 Å². The molecule has 0 aromatic heterocycles. The Labute approximate surface area is 127 Å². The number of halogens is 2. The van der Waals surface area contributed by atoms with Crippen LogP contribution in [0, 0.1) is 5.92 Å². The van der Waals surface area contributed by atoms with Crippen LogP contribution in [0.3, 0.4) is 0 Å². The summed E-state index contributed by atoms with van der Waals surface area (Å²) in [5.41, 5.74) is 0.613. The Kier molecular flexibility index (Phi) is 5.25. The van der Waals surface area contributed by atoms with Crippen molar-refractivity contribution < 1.29 is 9.53 Å². The topological polar surface area (TPSA) is 29.5 Å². The summed E-state index contributed by atoms with van der Waals surface area (Å²) in [5, 5.41) is 0.575. The Hall–Kier alpha value is -0.580. The molecule has 19 heavy (non-hydrogen) atoms. The number of hydrogen-bond acceptors (Lipinski definition) is 2. The van der Waals surface area contributed by atoms with Crippen LogP contribution in [0.2, 0.25) is 5.02 Å². The van der Waals surface area contributed by atoms with E-state index in [1.165, 1.54) is 0 Å². The third-order valence-corrected chi connectivity index (χ3v) is 4.31. The van der Waals surface area contributed by atoms with E-state index < -0.39 is 0 Å². The average molecular weight is 347 g/mol. The zero-order chi connectivity index (χ0) is 13.8. The van der Waals surface area contributed by atoms with Crippen molar-refractivity contribution in [3.63, 3.8) is 0 Å². The first-order valence-electron chi connectivity index (χ1n) is 6.36. The molecule has 104 valence electrons. The molecule has 3 nitrogen and oxygen atoms in total. The van der Waals surface area contributed by atoms with Gasteiger partial charge in [0.05, 0.1) is 5.56 Å². The summed E-state index contributed by atoms with van der Waals surface area (Å²) < 4.78 is 6.11. The van der Waals surface area contributed by atoms with Crippen LogP contribution in [-0.2, 0) is 4.74 Å². The molecule has 1 aromatic rings. The summed E-state index contributed by atoms with van der Waals surface area (Å²) in [6.45, 7) is 2.36. The van der Waals surface area contributed by atoms with E-state index in [9.17, 15) is 4.79 Å². The molecule has 1 heterocycles. The number of ether oxygens (including phenoxy) is 1. The zero-order valence-electron chi connectivity index (χ0n) is 10.9. The number of amides is 1. The maximum atomic E-state index is 12.4. The predicted octanol–water partition coefficient (Wildman–Crippen LogP) is 3.60. The number of carbonyl (C=O) groups is 1. The minimum absolute atomic E-state index is 0.000803. The molecule has 0 unspecified atom stereocenters. The van der Waals surface area contributed by atoms with Gasteiger partial charge >= 0.3 is 0 Å². The molecule has 1 aliphatic rings. The van der Waals surface area contributed by atoms with Crippen LogP contribution >= 0.6 is 27.5 Å². The number of rotatable bonds is 3. The van der Waals surface area contributed by atoms with E-state index in [2.05, 4.69) is 15.9 Å². The van der Waals surface area contributed by atoms with Gasteiger partial charge in [-0.2, -0.15) is 0 Å². The molecule has 0 N–H and O–H groups in total. The third-order valence-electron chi connectivity index (χ3n) is 3.38. The van der Waals surface area contributed by atoms with E-state index in [0.717, 1.165) is 37.1 Å². The van der Waals surface area contributed by atoms with Gasteiger partial charge in [0.25, 0.3) is 5.91 Å². The van der Waals surface area contributed by atoms with Crippen molar-refractivity contribution in [1.29, 1.82) is 0 Å². The summed E-state index contributed by atoms with van der Waals surface area (Å²) in [4.78, 5) is 14.2. The standard InChI is InChI=1S/C14H17BrClNO2/c1-17(9-10-4-6-19-7-5-10)14(18)12-8-11(16)2-3-13(12)15/h2-3,8,10H,4-7,9H2,1H3. The second-order valence-electron chi connectivity index (χ2n) is 4.87. The molecular formula is C14H17BrClNO2. The normalized spacial score (nSPS) is 16.4. The maximum absolute atomic E-state index is 12.4. The summed E-state index contributed by atoms with van der Waals surface area (Å²) >= 11 is 9.35. The molecule has 0 spiro atoms. The molecule has 1 aliphatic heterocycles. The van der Waals surface area contributed by atoms with Gasteiger partial charge < -0.3 is 9.64 Å². The monoisotopic (exact) mass is 345 g/mol. The van der Waals surface area contributed by atoms with Gasteiger partial charge in [-0.25, -0.2) is 0 Å². The Morgan fingerprint density at radius 2 is 2.16 bits per heavy atom. The number of nitrogens with zero attached hydrogens (tertiary/aromatic N) is 1. The van der Waals surface area contributed by atoms with Gasteiger partial charge in [0, 0.05) is 36.3 Å². The Balaban J connectivity index is 2.03. The van der Waals surface area contributed by atoms with Crippen molar-refractivity contribution in [2.75, 3.05) is 26.8 Å². The molecule has 0 radical (unpaired) electrons. The largest absolute Gasteiger partial charge is 0.381 e. The van der Waals surface area contributed by atoms with Crippen molar-refractivity contribution in [3.05, 3.63) is 33.3 Å². The smallest absolute Gasteiger partial charge is 0.254 e. The summed E-state index contributed by atoms with van der Waals surface area (Å²) in [6.07, 6.45) is 2.04. The molecule has 1 saturated heterocycles. The lowest BCUT2D eigenvalue weighted by molar-refractivity contribution is 0.0497. The summed E-state index contributed by atoms with van der Waals surface area (Å²) in [7, 11) is 1.84. The SMILES string of the molecule is CN(CC1CCOCC1)C(=O)c1cc(Cl)ccc1Br. The van der Waals surface area contributed by atoms with Crippen molar-refractivity contribution >= 4 is 33.4 Å². The van der Waals surface area contributed by atoms with Crippen molar-refractivity contribution in [3.8, 4) is 0 Å². The molecule has 2 rings (SSSR count). The van der Waals surface area contributed by atoms with Crippen LogP contribution in [0.1, 0.15) is 23.2 Å². The lowest BCUT2D eigenvalue weighted by Gasteiger charge is -2.27. The molecule has 5 heteroatoms. The number of carbonyl (C=O) groups excluding carboxylic acids is 1. The lowest BCUT2D eigenvalue weighted by Crippen LogP contribution is -2.34. The molecule has 1 amide bonds. The second-order valence-corrected chi connectivity index (χ2v) is 6.16. The number of benzene rings is 1. The molecule has 0 atom stereocenters. The zero-order valence-corrected chi connectivity index (χ0v) is 13.2. The highest BCUT2D eigenvalue weighted by molar-refractivity contribution is 9.10. The first kappa shape index (κ1) is 14.8. The molecule has 0 aliphatic carbocycles. The van der Waals surface area contributed by atoms with Gasteiger partial charge in [0.1, 0.15) is 0 Å². The minimum Gasteiger partial charge on any atom is -0.381 e. The fourth-order valence-corrected chi connectivity index (χ4v) is 2.85. The van der Waals surface area contributed by atoms with E-state index in [1.54, 1.807) is 23.1 Å². The van der Waals surface area contributed by atoms with Gasteiger partial charge in [-0.05, 0) is 52.9 Å². The molecule has 1 aromatic carbocycles. The van der Waals surface area contributed by atoms with Crippen LogP contribution in [0.15, 0.2) is 22.7 Å². The Bertz CT molecular complexity index is 461. The van der Waals surface area contributed by atoms with Gasteiger partial charge in [0.15, 0.2) is 0 Å². The average Bonchev–Trinajstić information content (AvgIpc) is 2.42. The minimum atomic E-state index is 0.000803. The highest BCUT2D eigenvalue weighted by Crippen LogP contribution is 2.23. The Morgan fingerprint density at radius 1 is 1.47 bits per heavy atom. The highest BCUT2D eigenvalue weighted by atomic mass is 79.9. The maximum Gasteiger partial charge on any atom is 0.254 e. The molecule has 1 fully saturated rings. The molecular weight excluding hydrogens is 330 g/mol. The quantitative estimate of drug-likeness (QED) is 0.837. The predicted molar refractivity (Wildman–Crippen MR) is 79.7 cm³/mol. The fourth-order valence-electron chi connectivity index (χ4n) is 2.27. The third kappa shape index (κ3) is 3.94. The van der Waals surface area contributed by atoms with Crippen molar-refractivity contribution in [1.82, 2.24) is 4.90 Å². The van der Waals surface area contributed by atoms with Crippen LogP contribution in [0.25, 0.3) is 0 Å². The van der Waals surface area contributed by atoms with Crippen molar-refractivity contribution in [2.45, 2.75) is 12.8 Å². The van der Waals surface area contributed by atoms with E-state index in [0.29, 0.717) is 16.5 Å². The highest BCUT2D eigenvalue weighted by Gasteiger charge is 2.20. The fraction of sp³-hybridized carbons (Fsp3) is 0.500. The van der Waals surface area contributed by atoms with Gasteiger partial charge in [-0.1, -0.05) is 11.6 Å². The van der Waals surface area contributed by atoms with Crippen LogP contribution in [-0.4, -0.2) is 37.6 Å². The molecule has 0 saturated carbocycles. The first-order valence-corrected chi connectivity index (χ1v) is 7.53. The van der Waals surface area contributed by atoms with Crippen LogP contribution in [0.5, 0.6) is 0 Å². The van der Waals surface area contributed by atoms with E-state index >= 15 is 0 Å². The first-order chi connectivity index (χ1) is 9.08. The second kappa shape index (κ2) is 6.73. The summed E-state index contributed by atoms with van der Waals surface area (Å²) in [5.74, 6) is 0.529. The van der Waals surface area contributed by atoms with Gasteiger partial charge in [-0.15, -0.1) is 0 Å². The lowest BCUT2D eigenvalue weighted by atomic mass is 9.99. The summed E-state index contributed by atoms with van der Waals surface area (Å²) in [6, 6.07) is 5.27.